The summed E-state index contributed by atoms with van der Waals surface area (Å²) in [5, 5.41) is 17.2. The predicted molar refractivity (Wildman–Crippen MR) is 114 cm³/mol. The molecule has 3 aromatic heterocycles. The molecular weight excluding hydrogens is 402 g/mol. The number of nitriles is 1. The van der Waals surface area contributed by atoms with Gasteiger partial charge in [-0.2, -0.15) is 10.4 Å². The Balaban J connectivity index is 1.98. The maximum absolute atomic E-state index is 11.1. The summed E-state index contributed by atoms with van der Waals surface area (Å²) < 4.78 is 1.64. The van der Waals surface area contributed by atoms with Gasteiger partial charge < -0.3 is 11.1 Å². The number of nitrogens with one attached hydrogen (secondary N) is 1. The van der Waals surface area contributed by atoms with Crippen LogP contribution in [0.25, 0.3) is 28.0 Å². The van der Waals surface area contributed by atoms with Gasteiger partial charge in [-0.25, -0.2) is 14.5 Å². The van der Waals surface area contributed by atoms with Crippen LogP contribution in [0.5, 0.6) is 0 Å². The summed E-state index contributed by atoms with van der Waals surface area (Å²) in [6.45, 7) is 1.81. The summed E-state index contributed by atoms with van der Waals surface area (Å²) in [6, 6.07) is 14.7. The molecule has 0 bridgehead atoms. The Bertz CT molecular complexity index is 1300. The highest BCUT2D eigenvalue weighted by Gasteiger charge is 2.19. The van der Waals surface area contributed by atoms with Crippen LogP contribution in [-0.4, -0.2) is 32.0 Å². The number of aryl methyl sites for hydroxylation is 1. The molecule has 0 fully saturated rings. The number of primary amides is 1. The number of hydrogen-bond acceptors (Lipinski definition) is 6. The maximum Gasteiger partial charge on any atom is 0.236 e. The second-order valence-corrected chi connectivity index (χ2v) is 7.02. The van der Waals surface area contributed by atoms with Crippen LogP contribution in [0.3, 0.4) is 0 Å². The van der Waals surface area contributed by atoms with Crippen molar-refractivity contribution in [3.63, 3.8) is 0 Å². The molecule has 4 rings (SSSR count). The van der Waals surface area contributed by atoms with Crippen LogP contribution in [-0.2, 0) is 4.79 Å². The van der Waals surface area contributed by atoms with E-state index in [-0.39, 0.29) is 6.54 Å². The Hall–Kier alpha value is -3.96. The van der Waals surface area contributed by atoms with Crippen molar-refractivity contribution in [3.8, 4) is 28.5 Å². The molecule has 0 unspecified atom stereocenters. The minimum absolute atomic E-state index is 0.0378. The van der Waals surface area contributed by atoms with Gasteiger partial charge in [0.25, 0.3) is 0 Å². The summed E-state index contributed by atoms with van der Waals surface area (Å²) in [4.78, 5) is 20.0. The van der Waals surface area contributed by atoms with Crippen molar-refractivity contribution in [1.82, 2.24) is 19.6 Å². The number of nitrogens with two attached hydrogens (primary N) is 1. The van der Waals surface area contributed by atoms with Crippen molar-refractivity contribution in [2.45, 2.75) is 6.92 Å². The lowest BCUT2D eigenvalue weighted by Crippen LogP contribution is -2.22. The largest absolute Gasteiger partial charge is 0.368 e. The van der Waals surface area contributed by atoms with Crippen LogP contribution >= 0.6 is 11.6 Å². The molecule has 9 heteroatoms. The number of nitrogens with zero attached hydrogens (tertiary/aromatic N) is 5. The van der Waals surface area contributed by atoms with E-state index in [9.17, 15) is 10.1 Å². The fourth-order valence-corrected chi connectivity index (χ4v) is 3.43. The van der Waals surface area contributed by atoms with Crippen molar-refractivity contribution >= 4 is 29.0 Å². The molecule has 148 valence electrons. The molecule has 0 atom stereocenters. The number of aromatic nitrogens is 4. The monoisotopic (exact) mass is 417 g/mol. The van der Waals surface area contributed by atoms with Crippen molar-refractivity contribution < 1.29 is 4.79 Å². The molecule has 0 radical (unpaired) electrons. The molecule has 4 aromatic rings. The minimum Gasteiger partial charge on any atom is -0.368 e. The van der Waals surface area contributed by atoms with E-state index in [0.29, 0.717) is 27.9 Å². The summed E-state index contributed by atoms with van der Waals surface area (Å²) in [5.74, 6) is -0.00685. The van der Waals surface area contributed by atoms with Crippen LogP contribution in [0.2, 0.25) is 5.15 Å². The first-order valence-electron chi connectivity index (χ1n) is 9.01. The predicted octanol–water partition coefficient (Wildman–Crippen LogP) is 3.19. The zero-order valence-corrected chi connectivity index (χ0v) is 16.7. The number of benzene rings is 1. The normalized spacial score (nSPS) is 10.7. The van der Waals surface area contributed by atoms with Gasteiger partial charge in [-0.05, 0) is 42.8 Å². The number of carbonyl (C=O) groups is 1. The summed E-state index contributed by atoms with van der Waals surface area (Å²) >= 11 is 6.21. The maximum atomic E-state index is 11.1. The van der Waals surface area contributed by atoms with Gasteiger partial charge in [-0.1, -0.05) is 23.7 Å². The van der Waals surface area contributed by atoms with Crippen LogP contribution in [0.15, 0.2) is 48.7 Å². The molecule has 0 aliphatic carbocycles. The van der Waals surface area contributed by atoms with Gasteiger partial charge in [0.15, 0.2) is 5.65 Å². The third-order valence-electron chi connectivity index (χ3n) is 4.40. The molecule has 3 heterocycles. The third kappa shape index (κ3) is 3.79. The number of hydrogen-bond donors (Lipinski definition) is 2. The molecule has 1 amide bonds. The summed E-state index contributed by atoms with van der Waals surface area (Å²) in [6.07, 6.45) is 1.74. The zero-order chi connectivity index (χ0) is 21.3. The number of pyridine rings is 1. The Labute approximate surface area is 176 Å². The number of carbonyl (C=O) groups excluding carboxylic acids is 1. The summed E-state index contributed by atoms with van der Waals surface area (Å²) in [5.41, 5.74) is 9.99. The molecule has 1 aromatic carbocycles. The Morgan fingerprint density at radius 2 is 2.07 bits per heavy atom. The van der Waals surface area contributed by atoms with E-state index < -0.39 is 5.91 Å². The molecule has 0 aliphatic rings. The van der Waals surface area contributed by atoms with Crippen LogP contribution in [0.1, 0.15) is 11.3 Å². The van der Waals surface area contributed by atoms with E-state index >= 15 is 0 Å². The lowest BCUT2D eigenvalue weighted by molar-refractivity contribution is -0.116. The van der Waals surface area contributed by atoms with E-state index in [4.69, 9.17) is 22.4 Å². The summed E-state index contributed by atoms with van der Waals surface area (Å²) in [7, 11) is 0. The second kappa shape index (κ2) is 7.81. The number of amides is 1. The topological polar surface area (TPSA) is 122 Å². The SMILES string of the molecule is Cc1cc(-c2c(-c3cccc(C#N)c3)nn3ccc(NCC(N)=O)nc23)cc(Cl)n1. The minimum atomic E-state index is -0.490. The van der Waals surface area contributed by atoms with Gasteiger partial charge in [0.2, 0.25) is 5.91 Å². The smallest absolute Gasteiger partial charge is 0.236 e. The lowest BCUT2D eigenvalue weighted by atomic mass is 10.00. The molecule has 0 spiro atoms. The number of halogens is 1. The molecular formula is C21H16ClN7O. The standard InChI is InChI=1S/C21H16ClN7O/c1-12-7-15(9-16(22)26-12)19-20(14-4-2-3-13(8-14)10-23)28-29-6-5-18(27-21(19)29)25-11-17(24)30/h2-9H,11H2,1H3,(H2,24,30)(H,25,27). The third-order valence-corrected chi connectivity index (χ3v) is 4.60. The Kier molecular flexibility index (Phi) is 5.04. The first-order valence-corrected chi connectivity index (χ1v) is 9.39. The van der Waals surface area contributed by atoms with Gasteiger partial charge in [0, 0.05) is 17.5 Å². The average molecular weight is 418 g/mol. The molecule has 0 saturated carbocycles. The average Bonchev–Trinajstić information content (AvgIpc) is 3.10. The highest BCUT2D eigenvalue weighted by Crippen LogP contribution is 2.36. The zero-order valence-electron chi connectivity index (χ0n) is 15.9. The highest BCUT2D eigenvalue weighted by molar-refractivity contribution is 6.29. The van der Waals surface area contributed by atoms with Gasteiger partial charge in [0.05, 0.1) is 23.7 Å². The molecule has 8 nitrogen and oxygen atoms in total. The van der Waals surface area contributed by atoms with E-state index in [1.165, 1.54) is 0 Å². The van der Waals surface area contributed by atoms with Gasteiger partial charge in [-0.3, -0.25) is 4.79 Å². The quantitative estimate of drug-likeness (QED) is 0.481. The van der Waals surface area contributed by atoms with E-state index in [2.05, 4.69) is 21.4 Å². The van der Waals surface area contributed by atoms with Crippen molar-refractivity contribution in [1.29, 1.82) is 5.26 Å². The van der Waals surface area contributed by atoms with E-state index in [0.717, 1.165) is 22.4 Å². The van der Waals surface area contributed by atoms with Crippen LogP contribution in [0, 0.1) is 18.3 Å². The van der Waals surface area contributed by atoms with Crippen LogP contribution in [0.4, 0.5) is 5.82 Å². The molecule has 0 saturated heterocycles. The van der Waals surface area contributed by atoms with Crippen molar-refractivity contribution in [2.24, 2.45) is 5.73 Å². The number of anilines is 1. The van der Waals surface area contributed by atoms with Gasteiger partial charge in [0.1, 0.15) is 16.7 Å². The first kappa shape index (κ1) is 19.4. The number of rotatable bonds is 5. The highest BCUT2D eigenvalue weighted by atomic mass is 35.5. The molecule has 0 aliphatic heterocycles. The van der Waals surface area contributed by atoms with Gasteiger partial charge >= 0.3 is 0 Å². The fraction of sp³-hybridized carbons (Fsp3) is 0.0952. The van der Waals surface area contributed by atoms with Crippen LogP contribution < -0.4 is 11.1 Å². The van der Waals surface area contributed by atoms with Gasteiger partial charge in [-0.15, -0.1) is 0 Å². The first-order chi connectivity index (χ1) is 14.4. The fourth-order valence-electron chi connectivity index (χ4n) is 3.18. The van der Waals surface area contributed by atoms with E-state index in [1.807, 2.05) is 19.1 Å². The Morgan fingerprint density at radius 1 is 1.23 bits per heavy atom. The molecule has 30 heavy (non-hydrogen) atoms. The van der Waals surface area contributed by atoms with Crippen molar-refractivity contribution in [3.05, 3.63) is 65.1 Å². The van der Waals surface area contributed by atoms with E-state index in [1.54, 1.807) is 41.0 Å². The number of fused-ring (bicyclic) bond motifs is 1. The molecule has 3 N–H and O–H groups in total. The lowest BCUT2D eigenvalue weighted by Gasteiger charge is -2.07. The Morgan fingerprint density at radius 3 is 2.80 bits per heavy atom. The van der Waals surface area contributed by atoms with Crippen molar-refractivity contribution in [2.75, 3.05) is 11.9 Å². The second-order valence-electron chi connectivity index (χ2n) is 6.64.